The van der Waals surface area contributed by atoms with Crippen LogP contribution in [0.4, 0.5) is 0 Å². The average molecular weight is 1310 g/mol. The van der Waals surface area contributed by atoms with E-state index in [1.165, 1.54) is 34.6 Å². The standard InChI is InChI=1S/C58H91N13O21/c1-24(2)18-36(64-51(84)38(20-41(78)79)63-47(80)28(9)61-48(81)33(59)22-72)50(83)62-35(16-17-40(76)77)49(82)67-42(25(3)4)54(87)68-43(26(5)6)55(88)71-46(30(11)75)57(90)66-39(23-73)53(86)70-45(29(10)74)56(89)65-37(52(85)69-44(27(7)8)58(91)92)19-31-21-60-34-15-13-12-14-32(31)34/h12-15,21,24-30,33,35-39,42-46,60,72-75H,16-20,22-23,59H2,1-11H3,(H,61,81)(H,62,83)(H,63,80)(H,64,84)(H,65,89)(H,66,90)(H,67,82)(H,68,87)(H,69,85)(H,70,86)(H,71,88)(H,76,77)(H,78,79)(H,91,92)/t28-,29+,30+,33-,35-,36-,37-,38-,39-,42-,43-,44-,45-,46-/m0/s1. The largest absolute Gasteiger partial charge is 0.481 e. The van der Waals surface area contributed by atoms with Crippen LogP contribution >= 0.6 is 0 Å². The molecule has 1 aromatic heterocycles. The van der Waals surface area contributed by atoms with Crippen LogP contribution in [0, 0.1) is 23.7 Å². The Bertz CT molecular complexity index is 2930. The first-order valence-corrected chi connectivity index (χ1v) is 29.7. The Morgan fingerprint density at radius 2 is 0.859 bits per heavy atom. The minimum Gasteiger partial charge on any atom is -0.481 e. The molecule has 21 N–H and O–H groups in total. The first kappa shape index (κ1) is 79.2. The number of amides is 11. The molecule has 11 amide bonds. The van der Waals surface area contributed by atoms with Gasteiger partial charge in [-0.3, -0.25) is 62.3 Å². The molecule has 514 valence electrons. The summed E-state index contributed by atoms with van der Waals surface area (Å²) >= 11 is 0. The van der Waals surface area contributed by atoms with Gasteiger partial charge in [0.25, 0.3) is 0 Å². The lowest BCUT2D eigenvalue weighted by Crippen LogP contribution is -2.64. The van der Waals surface area contributed by atoms with Gasteiger partial charge in [-0.05, 0) is 68.9 Å². The SMILES string of the molecule is CC(C)C[C@H](NC(=O)[C@H](CC(=O)O)NC(=O)[C@H](C)NC(=O)[C@@H](N)CO)C(=O)N[C@@H](CCC(=O)O)C(=O)N[C@H](C(=O)N[C@H](C(=O)N[C@H](C(=O)N[C@@H](CO)C(=O)N[C@H](C(=O)N[C@@H](Cc1c[nH]c2ccccc12)C(=O)N[C@H](C(=O)O)C(C)C)[C@@H](C)O)[C@@H](C)O)C(C)C)C(C)C. The van der Waals surface area contributed by atoms with Gasteiger partial charge in [-0.25, -0.2) is 4.79 Å². The van der Waals surface area contributed by atoms with E-state index in [0.717, 1.165) is 13.8 Å². The molecular weight excluding hydrogens is 1210 g/mol. The number of H-pyrrole nitrogens is 1. The molecule has 0 saturated carbocycles. The average Bonchev–Trinajstić information content (AvgIpc) is 1.57. The number of fused-ring (bicyclic) bond motifs is 1. The Morgan fingerprint density at radius 3 is 1.34 bits per heavy atom. The number of carbonyl (C=O) groups excluding carboxylic acids is 11. The number of aliphatic hydroxyl groups excluding tert-OH is 4. The van der Waals surface area contributed by atoms with Crippen molar-refractivity contribution in [3.05, 3.63) is 36.0 Å². The first-order valence-electron chi connectivity index (χ1n) is 29.7. The highest BCUT2D eigenvalue weighted by molar-refractivity contribution is 6.00. The lowest BCUT2D eigenvalue weighted by molar-refractivity contribution is -0.143. The Hall–Kier alpha value is -8.86. The lowest BCUT2D eigenvalue weighted by atomic mass is 9.98. The molecule has 0 aliphatic heterocycles. The molecule has 1 aromatic carbocycles. The zero-order valence-corrected chi connectivity index (χ0v) is 53.2. The number of para-hydroxylation sites is 1. The fourth-order valence-electron chi connectivity index (χ4n) is 9.02. The summed E-state index contributed by atoms with van der Waals surface area (Å²) in [7, 11) is 0. The zero-order chi connectivity index (χ0) is 70.2. The smallest absolute Gasteiger partial charge is 0.326 e. The highest BCUT2D eigenvalue weighted by Gasteiger charge is 2.40. The van der Waals surface area contributed by atoms with Crippen molar-refractivity contribution in [3.63, 3.8) is 0 Å². The number of aromatic nitrogens is 1. The van der Waals surface area contributed by atoms with Crippen molar-refractivity contribution in [3.8, 4) is 0 Å². The normalized spacial score (nSPS) is 16.0. The van der Waals surface area contributed by atoms with E-state index >= 15 is 0 Å². The Labute approximate surface area is 530 Å². The summed E-state index contributed by atoms with van der Waals surface area (Å²) in [5.74, 6) is -19.1. The highest BCUT2D eigenvalue weighted by Crippen LogP contribution is 2.20. The number of nitrogens with two attached hydrogens (primary N) is 1. The van der Waals surface area contributed by atoms with Crippen LogP contribution in [0.15, 0.2) is 30.5 Å². The lowest BCUT2D eigenvalue weighted by Gasteiger charge is -2.30. The molecule has 0 aliphatic rings. The van der Waals surface area contributed by atoms with Gasteiger partial charge in [-0.2, -0.15) is 0 Å². The second kappa shape index (κ2) is 37.5. The molecule has 1 heterocycles. The molecular formula is C58H91N13O21. The molecule has 34 nitrogen and oxygen atoms in total. The Morgan fingerprint density at radius 1 is 0.446 bits per heavy atom. The van der Waals surface area contributed by atoms with Crippen LogP contribution in [0.5, 0.6) is 0 Å². The van der Waals surface area contributed by atoms with Crippen molar-refractivity contribution in [2.75, 3.05) is 13.2 Å². The third-order valence-electron chi connectivity index (χ3n) is 14.3. The van der Waals surface area contributed by atoms with Crippen LogP contribution in [0.25, 0.3) is 10.9 Å². The van der Waals surface area contributed by atoms with Crippen molar-refractivity contribution >= 4 is 93.8 Å². The zero-order valence-electron chi connectivity index (χ0n) is 53.2. The van der Waals surface area contributed by atoms with Crippen molar-refractivity contribution in [2.24, 2.45) is 29.4 Å². The van der Waals surface area contributed by atoms with Gasteiger partial charge in [-0.1, -0.05) is 73.6 Å². The van der Waals surface area contributed by atoms with Gasteiger partial charge in [0.2, 0.25) is 65.0 Å². The van der Waals surface area contributed by atoms with Crippen LogP contribution in [-0.2, 0) is 73.5 Å². The topological polar surface area (TPSA) is 555 Å². The number of aromatic amines is 1. The van der Waals surface area contributed by atoms with Crippen LogP contribution in [-0.4, -0.2) is 222 Å². The van der Waals surface area contributed by atoms with Crippen LogP contribution in [0.3, 0.4) is 0 Å². The summed E-state index contributed by atoms with van der Waals surface area (Å²) < 4.78 is 0. The number of benzene rings is 1. The fourth-order valence-corrected chi connectivity index (χ4v) is 9.02. The quantitative estimate of drug-likeness (QED) is 0.0297. The molecule has 34 heteroatoms. The monoisotopic (exact) mass is 1310 g/mol. The molecule has 0 saturated heterocycles. The maximum absolute atomic E-state index is 14.1. The number of carboxylic acids is 3. The maximum Gasteiger partial charge on any atom is 0.326 e. The Balaban J connectivity index is 2.35. The van der Waals surface area contributed by atoms with E-state index in [4.69, 9.17) is 10.8 Å². The van der Waals surface area contributed by atoms with E-state index in [1.54, 1.807) is 58.2 Å². The predicted molar refractivity (Wildman–Crippen MR) is 325 cm³/mol. The highest BCUT2D eigenvalue weighted by atomic mass is 16.4. The molecule has 0 spiro atoms. The van der Waals surface area contributed by atoms with E-state index < -0.39 is 218 Å². The molecule has 0 fully saturated rings. The van der Waals surface area contributed by atoms with Crippen molar-refractivity contribution in [1.82, 2.24) is 63.5 Å². The molecule has 92 heavy (non-hydrogen) atoms. The third-order valence-corrected chi connectivity index (χ3v) is 14.3. The minimum absolute atomic E-state index is 0.169. The van der Waals surface area contributed by atoms with Crippen molar-refractivity contribution in [2.45, 2.75) is 193 Å². The predicted octanol–water partition coefficient (Wildman–Crippen LogP) is -5.43. The molecule has 0 radical (unpaired) electrons. The summed E-state index contributed by atoms with van der Waals surface area (Å²) in [5, 5.41) is 96.2. The minimum atomic E-state index is -1.95. The van der Waals surface area contributed by atoms with Gasteiger partial charge in [0.05, 0.1) is 31.8 Å². The maximum atomic E-state index is 14.1. The van der Waals surface area contributed by atoms with Gasteiger partial charge < -0.3 is 105 Å². The van der Waals surface area contributed by atoms with E-state index in [1.807, 2.05) is 0 Å². The van der Waals surface area contributed by atoms with Crippen molar-refractivity contribution in [1.29, 1.82) is 0 Å². The summed E-state index contributed by atoms with van der Waals surface area (Å²) in [5.41, 5.74) is 6.67. The van der Waals surface area contributed by atoms with Gasteiger partial charge in [0.15, 0.2) is 0 Å². The molecule has 0 aliphatic carbocycles. The summed E-state index contributed by atoms with van der Waals surface area (Å²) in [6, 6.07) is -12.8. The molecule has 2 rings (SSSR count). The second-order valence-corrected chi connectivity index (χ2v) is 23.7. The summed E-state index contributed by atoms with van der Waals surface area (Å²) in [4.78, 5) is 189. The van der Waals surface area contributed by atoms with Crippen LogP contribution in [0.2, 0.25) is 0 Å². The number of carboxylic acid groups (broad SMARTS) is 3. The van der Waals surface area contributed by atoms with Crippen LogP contribution in [0.1, 0.15) is 107 Å². The number of hydrogen-bond acceptors (Lipinski definition) is 19. The summed E-state index contributed by atoms with van der Waals surface area (Å²) in [6.07, 6.45) is -4.62. The van der Waals surface area contributed by atoms with E-state index in [0.29, 0.717) is 16.5 Å². The van der Waals surface area contributed by atoms with Crippen molar-refractivity contribution < 1.29 is 103 Å². The number of aliphatic carboxylic acids is 3. The third kappa shape index (κ3) is 25.1. The molecule has 0 unspecified atom stereocenters. The van der Waals surface area contributed by atoms with Gasteiger partial charge >= 0.3 is 17.9 Å². The number of nitrogens with one attached hydrogen (secondary N) is 12. The summed E-state index contributed by atoms with van der Waals surface area (Å²) in [6.45, 7) is 13.7. The van der Waals surface area contributed by atoms with E-state index in [2.05, 4.69) is 63.5 Å². The van der Waals surface area contributed by atoms with E-state index in [9.17, 15) is 97.8 Å². The molecule has 14 atom stereocenters. The number of hydrogen-bond donors (Lipinski definition) is 20. The second-order valence-electron chi connectivity index (χ2n) is 23.7. The first-order chi connectivity index (χ1) is 42.8. The van der Waals surface area contributed by atoms with Crippen LogP contribution < -0.4 is 64.2 Å². The van der Waals surface area contributed by atoms with Gasteiger partial charge in [0, 0.05) is 29.9 Å². The van der Waals surface area contributed by atoms with Gasteiger partial charge in [0.1, 0.15) is 72.5 Å². The van der Waals surface area contributed by atoms with Gasteiger partial charge in [-0.15, -0.1) is 0 Å². The number of aliphatic hydroxyl groups is 4. The molecule has 0 bridgehead atoms. The Kier molecular flexibility index (Phi) is 32.3. The number of carbonyl (C=O) groups is 14. The fraction of sp³-hybridized carbons (Fsp3) is 0.621. The number of rotatable bonds is 39. The van der Waals surface area contributed by atoms with E-state index in [-0.39, 0.29) is 18.8 Å². The molecule has 2 aromatic rings.